The van der Waals surface area contributed by atoms with Gasteiger partial charge >= 0.3 is 12.1 Å². The van der Waals surface area contributed by atoms with Crippen LogP contribution in [0.25, 0.3) is 0 Å². The number of benzene rings is 3. The summed E-state index contributed by atoms with van der Waals surface area (Å²) in [5.74, 6) is -1.73. The molecule has 0 spiro atoms. The van der Waals surface area contributed by atoms with Crippen molar-refractivity contribution in [3.63, 3.8) is 0 Å². The molecule has 1 saturated heterocycles. The molecule has 0 bridgehead atoms. The number of thioether (sulfide) groups is 1. The third kappa shape index (κ3) is 7.47. The van der Waals surface area contributed by atoms with Gasteiger partial charge in [-0.25, -0.2) is 14.0 Å². The van der Waals surface area contributed by atoms with Gasteiger partial charge in [0.05, 0.1) is 6.61 Å². The van der Waals surface area contributed by atoms with E-state index in [2.05, 4.69) is 0 Å². The number of likely N-dealkylation sites (tertiary alicyclic amines) is 1. The van der Waals surface area contributed by atoms with Crippen LogP contribution in [-0.2, 0) is 16.0 Å². The van der Waals surface area contributed by atoms with Crippen LogP contribution >= 0.6 is 11.8 Å². The lowest BCUT2D eigenvalue weighted by atomic mass is 9.84. The first-order valence-corrected chi connectivity index (χ1v) is 14.7. The molecule has 0 unspecified atom stereocenters. The van der Waals surface area contributed by atoms with Gasteiger partial charge in [0.15, 0.2) is 23.0 Å². The van der Waals surface area contributed by atoms with Crippen LogP contribution in [0.4, 0.5) is 9.18 Å². The van der Waals surface area contributed by atoms with Crippen molar-refractivity contribution in [3.05, 3.63) is 89.7 Å². The number of Topliss-reactive ketones (excluding diaryl/α,β-unsaturated/α-hetero) is 1. The van der Waals surface area contributed by atoms with Gasteiger partial charge in [0.25, 0.3) is 0 Å². The Morgan fingerprint density at radius 2 is 1.71 bits per heavy atom. The number of ether oxygens (including phenoxy) is 3. The van der Waals surface area contributed by atoms with Gasteiger partial charge in [0.1, 0.15) is 5.75 Å². The molecule has 0 radical (unpaired) electrons. The fourth-order valence-corrected chi connectivity index (χ4v) is 5.23. The van der Waals surface area contributed by atoms with Crippen molar-refractivity contribution in [2.24, 2.45) is 11.8 Å². The molecule has 1 aliphatic rings. The zero-order valence-electron chi connectivity index (χ0n) is 23.6. The standard InChI is InChI=1S/C32H34FNO6S/c1-5-38-30(36)32(2,3)40-28-16-11-21(18-27(28)33)17-23-19-34(31(37)39-24-9-7-6-8-10-24)20-26(23)29(35)22-12-14-25(41-4)15-13-22/h6-16,18,23,26H,5,17,19-20H2,1-4H3/t23-,26-/m0/s1. The molecule has 1 amide bonds. The van der Waals surface area contributed by atoms with Gasteiger partial charge in [-0.1, -0.05) is 36.4 Å². The predicted octanol–water partition coefficient (Wildman–Crippen LogP) is 6.44. The van der Waals surface area contributed by atoms with Gasteiger partial charge in [-0.3, -0.25) is 4.79 Å². The second kappa shape index (κ2) is 13.2. The lowest BCUT2D eigenvalue weighted by Gasteiger charge is -2.24. The molecule has 1 aliphatic heterocycles. The third-order valence-corrected chi connectivity index (χ3v) is 7.73. The summed E-state index contributed by atoms with van der Waals surface area (Å²) in [4.78, 5) is 41.4. The Balaban J connectivity index is 1.54. The molecule has 0 saturated carbocycles. The van der Waals surface area contributed by atoms with E-state index in [1.54, 1.807) is 61.2 Å². The largest absolute Gasteiger partial charge is 0.473 e. The number of hydrogen-bond donors (Lipinski definition) is 0. The molecule has 1 heterocycles. The average molecular weight is 580 g/mol. The summed E-state index contributed by atoms with van der Waals surface area (Å²) in [6, 6.07) is 20.7. The molecule has 4 rings (SSSR count). The molecule has 7 nitrogen and oxygen atoms in total. The smallest absolute Gasteiger partial charge is 0.415 e. The molecule has 2 atom stereocenters. The van der Waals surface area contributed by atoms with Crippen LogP contribution < -0.4 is 9.47 Å². The number of carbonyl (C=O) groups is 3. The molecule has 3 aromatic carbocycles. The van der Waals surface area contributed by atoms with Gasteiger partial charge in [-0.2, -0.15) is 0 Å². The summed E-state index contributed by atoms with van der Waals surface area (Å²) < 4.78 is 31.3. The maximum absolute atomic E-state index is 15.1. The molecule has 1 fully saturated rings. The Labute approximate surface area is 244 Å². The molecule has 0 aromatic heterocycles. The second-order valence-electron chi connectivity index (χ2n) is 10.3. The van der Waals surface area contributed by atoms with Crippen LogP contribution in [-0.4, -0.2) is 54.3 Å². The number of halogens is 1. The van der Waals surface area contributed by atoms with Crippen LogP contribution in [0, 0.1) is 17.7 Å². The van der Waals surface area contributed by atoms with E-state index in [9.17, 15) is 14.4 Å². The number of carbonyl (C=O) groups excluding carboxylic acids is 3. The Kier molecular flexibility index (Phi) is 9.70. The van der Waals surface area contributed by atoms with Crippen molar-refractivity contribution in [2.75, 3.05) is 26.0 Å². The van der Waals surface area contributed by atoms with E-state index in [-0.39, 0.29) is 37.1 Å². The zero-order chi connectivity index (χ0) is 29.6. The number of esters is 1. The summed E-state index contributed by atoms with van der Waals surface area (Å²) in [5, 5.41) is 0. The summed E-state index contributed by atoms with van der Waals surface area (Å²) in [5.41, 5.74) is -0.165. The first-order valence-electron chi connectivity index (χ1n) is 13.5. The fraction of sp³-hybridized carbons (Fsp3) is 0.344. The zero-order valence-corrected chi connectivity index (χ0v) is 24.4. The highest BCUT2D eigenvalue weighted by Crippen LogP contribution is 2.33. The lowest BCUT2D eigenvalue weighted by Crippen LogP contribution is -2.40. The van der Waals surface area contributed by atoms with Crippen molar-refractivity contribution in [2.45, 2.75) is 37.7 Å². The highest BCUT2D eigenvalue weighted by molar-refractivity contribution is 7.98. The lowest BCUT2D eigenvalue weighted by molar-refractivity contribution is -0.158. The number of hydrogen-bond acceptors (Lipinski definition) is 7. The quantitative estimate of drug-likeness (QED) is 0.155. The SMILES string of the molecule is CCOC(=O)C(C)(C)Oc1ccc(C[C@H]2CN(C(=O)Oc3ccccc3)C[C@@H]2C(=O)c2ccc(SC)cc2)cc1F. The van der Waals surface area contributed by atoms with E-state index >= 15 is 4.39 Å². The van der Waals surface area contributed by atoms with E-state index in [4.69, 9.17) is 14.2 Å². The first-order chi connectivity index (χ1) is 19.6. The van der Waals surface area contributed by atoms with Crippen LogP contribution in [0.2, 0.25) is 0 Å². The molecular formula is C32H34FNO6S. The van der Waals surface area contributed by atoms with Gasteiger partial charge in [-0.15, -0.1) is 11.8 Å². The van der Waals surface area contributed by atoms with E-state index in [1.165, 1.54) is 30.9 Å². The van der Waals surface area contributed by atoms with Crippen LogP contribution in [0.15, 0.2) is 77.7 Å². The highest BCUT2D eigenvalue weighted by atomic mass is 32.2. The summed E-state index contributed by atoms with van der Waals surface area (Å²) >= 11 is 1.59. The van der Waals surface area contributed by atoms with Crippen molar-refractivity contribution >= 4 is 29.6 Å². The monoisotopic (exact) mass is 579 g/mol. The molecule has 3 aromatic rings. The summed E-state index contributed by atoms with van der Waals surface area (Å²) in [6.45, 7) is 5.37. The Morgan fingerprint density at radius 3 is 2.34 bits per heavy atom. The average Bonchev–Trinajstić information content (AvgIpc) is 3.38. The van der Waals surface area contributed by atoms with Crippen molar-refractivity contribution in [1.29, 1.82) is 0 Å². The summed E-state index contributed by atoms with van der Waals surface area (Å²) in [6.07, 6.45) is 1.78. The minimum Gasteiger partial charge on any atom is -0.473 e. The molecule has 0 N–H and O–H groups in total. The highest BCUT2D eigenvalue weighted by Gasteiger charge is 2.41. The minimum absolute atomic E-state index is 0.0747. The molecular weight excluding hydrogens is 545 g/mol. The predicted molar refractivity (Wildman–Crippen MR) is 155 cm³/mol. The van der Waals surface area contributed by atoms with Crippen LogP contribution in [0.1, 0.15) is 36.7 Å². The van der Waals surface area contributed by atoms with Crippen LogP contribution in [0.5, 0.6) is 11.5 Å². The molecule has 216 valence electrons. The number of amides is 1. The van der Waals surface area contributed by atoms with E-state index in [0.29, 0.717) is 23.3 Å². The number of nitrogens with zero attached hydrogens (tertiary/aromatic N) is 1. The first kappa shape index (κ1) is 30.1. The maximum Gasteiger partial charge on any atom is 0.415 e. The Hall–Kier alpha value is -3.85. The Morgan fingerprint density at radius 1 is 1.00 bits per heavy atom. The van der Waals surface area contributed by atoms with Gasteiger partial charge in [0, 0.05) is 29.5 Å². The fourth-order valence-electron chi connectivity index (χ4n) is 4.83. The third-order valence-electron chi connectivity index (χ3n) is 6.99. The van der Waals surface area contributed by atoms with E-state index in [1.807, 2.05) is 24.5 Å². The summed E-state index contributed by atoms with van der Waals surface area (Å²) in [7, 11) is 0. The van der Waals surface area contributed by atoms with Crippen molar-refractivity contribution in [3.8, 4) is 11.5 Å². The topological polar surface area (TPSA) is 82.1 Å². The van der Waals surface area contributed by atoms with Gasteiger partial charge in [0.2, 0.25) is 0 Å². The number of ketones is 1. The molecule has 41 heavy (non-hydrogen) atoms. The number of para-hydroxylation sites is 1. The second-order valence-corrected chi connectivity index (χ2v) is 11.2. The minimum atomic E-state index is -1.37. The van der Waals surface area contributed by atoms with Gasteiger partial charge < -0.3 is 19.1 Å². The normalized spacial score (nSPS) is 16.8. The van der Waals surface area contributed by atoms with Gasteiger partial charge in [-0.05, 0) is 81.3 Å². The van der Waals surface area contributed by atoms with Crippen molar-refractivity contribution in [1.82, 2.24) is 4.90 Å². The van der Waals surface area contributed by atoms with E-state index in [0.717, 1.165) is 4.90 Å². The number of rotatable bonds is 10. The molecule has 0 aliphatic carbocycles. The maximum atomic E-state index is 15.1. The van der Waals surface area contributed by atoms with E-state index < -0.39 is 29.4 Å². The van der Waals surface area contributed by atoms with Crippen molar-refractivity contribution < 1.29 is 33.0 Å². The molecule has 9 heteroatoms. The Bertz CT molecular complexity index is 1380. The van der Waals surface area contributed by atoms with Crippen LogP contribution in [0.3, 0.4) is 0 Å².